The molecule has 0 fully saturated rings. The van der Waals surface area contributed by atoms with Crippen molar-refractivity contribution >= 4 is 17.2 Å². The first-order valence-electron chi connectivity index (χ1n) is 6.60. The van der Waals surface area contributed by atoms with Gasteiger partial charge in [-0.2, -0.15) is 0 Å². The van der Waals surface area contributed by atoms with E-state index in [0.717, 1.165) is 16.8 Å². The number of anilines is 1. The molecule has 1 aromatic carbocycles. The molecule has 108 valence electrons. The normalized spacial score (nSPS) is 17.5. The summed E-state index contributed by atoms with van der Waals surface area (Å²) in [6.45, 7) is 9.18. The first-order valence-corrected chi connectivity index (χ1v) is 6.60. The quantitative estimate of drug-likeness (QED) is 0.896. The highest BCUT2D eigenvalue weighted by molar-refractivity contribution is 5.89. The van der Waals surface area contributed by atoms with E-state index in [9.17, 15) is 14.3 Å². The number of fused-ring (bicyclic) bond motifs is 1. The molecule has 1 aromatic rings. The van der Waals surface area contributed by atoms with Crippen molar-refractivity contribution in [3.8, 4) is 0 Å². The number of hydrogen-bond donors (Lipinski definition) is 1. The molecule has 0 aromatic heterocycles. The molecule has 4 heteroatoms. The minimum Gasteiger partial charge on any atom is -0.480 e. The predicted molar refractivity (Wildman–Crippen MR) is 78.3 cm³/mol. The molecule has 0 atom stereocenters. The van der Waals surface area contributed by atoms with Crippen molar-refractivity contribution in [3.05, 3.63) is 35.7 Å². The van der Waals surface area contributed by atoms with E-state index in [-0.39, 0.29) is 5.82 Å². The lowest BCUT2D eigenvalue weighted by atomic mass is 9.84. The second-order valence-corrected chi connectivity index (χ2v) is 6.34. The van der Waals surface area contributed by atoms with Crippen LogP contribution in [0.5, 0.6) is 0 Å². The lowest BCUT2D eigenvalue weighted by Crippen LogP contribution is -2.60. The molecule has 1 N–H and O–H groups in total. The van der Waals surface area contributed by atoms with Crippen LogP contribution in [0.25, 0.3) is 5.57 Å². The zero-order chi connectivity index (χ0) is 15.3. The van der Waals surface area contributed by atoms with Gasteiger partial charge >= 0.3 is 5.97 Å². The molecule has 0 amide bonds. The number of carboxylic acids is 1. The van der Waals surface area contributed by atoms with Gasteiger partial charge in [0.15, 0.2) is 0 Å². The molecule has 0 aliphatic carbocycles. The third-order valence-corrected chi connectivity index (χ3v) is 3.85. The molecule has 1 aliphatic rings. The summed E-state index contributed by atoms with van der Waals surface area (Å²) in [6, 6.07) is 4.49. The predicted octanol–water partition coefficient (Wildman–Crippen LogP) is 3.69. The fourth-order valence-corrected chi connectivity index (χ4v) is 3.12. The number of benzene rings is 1. The van der Waals surface area contributed by atoms with Crippen LogP contribution in [0.15, 0.2) is 24.3 Å². The molecule has 0 saturated carbocycles. The Balaban J connectivity index is 2.72. The van der Waals surface area contributed by atoms with E-state index in [0.29, 0.717) is 0 Å². The van der Waals surface area contributed by atoms with Crippen LogP contribution in [0.1, 0.15) is 40.2 Å². The Bertz CT molecular complexity index is 602. The monoisotopic (exact) mass is 277 g/mol. The van der Waals surface area contributed by atoms with Crippen LogP contribution in [0.2, 0.25) is 0 Å². The van der Waals surface area contributed by atoms with Crippen LogP contribution in [0.3, 0.4) is 0 Å². The molecule has 1 heterocycles. The van der Waals surface area contributed by atoms with E-state index in [2.05, 4.69) is 0 Å². The van der Waals surface area contributed by atoms with Crippen molar-refractivity contribution in [1.82, 2.24) is 0 Å². The minimum absolute atomic E-state index is 0.315. The smallest absolute Gasteiger partial charge is 0.328 e. The van der Waals surface area contributed by atoms with Gasteiger partial charge < -0.3 is 10.0 Å². The van der Waals surface area contributed by atoms with Gasteiger partial charge in [-0.15, -0.1) is 0 Å². The summed E-state index contributed by atoms with van der Waals surface area (Å²) in [7, 11) is 0. The van der Waals surface area contributed by atoms with E-state index in [1.165, 1.54) is 12.1 Å². The number of hydrogen-bond acceptors (Lipinski definition) is 2. The van der Waals surface area contributed by atoms with Gasteiger partial charge in [0, 0.05) is 11.3 Å². The van der Waals surface area contributed by atoms with Crippen LogP contribution in [-0.4, -0.2) is 22.2 Å². The molecule has 20 heavy (non-hydrogen) atoms. The molecule has 0 saturated heterocycles. The molecule has 1 aliphatic heterocycles. The van der Waals surface area contributed by atoms with Gasteiger partial charge in [0.1, 0.15) is 11.4 Å². The summed E-state index contributed by atoms with van der Waals surface area (Å²) in [5.41, 5.74) is 0.911. The number of carboxylic acid groups (broad SMARTS) is 1. The van der Waals surface area contributed by atoms with Crippen LogP contribution in [0, 0.1) is 5.82 Å². The summed E-state index contributed by atoms with van der Waals surface area (Å²) >= 11 is 0. The van der Waals surface area contributed by atoms with E-state index < -0.39 is 17.0 Å². The molecule has 3 nitrogen and oxygen atoms in total. The molecule has 0 spiro atoms. The summed E-state index contributed by atoms with van der Waals surface area (Å²) in [6.07, 6.45) is 1.99. The Morgan fingerprint density at radius 3 is 2.50 bits per heavy atom. The number of aliphatic carboxylic acids is 1. The van der Waals surface area contributed by atoms with Crippen molar-refractivity contribution in [2.45, 2.75) is 45.7 Å². The number of rotatable bonds is 2. The van der Waals surface area contributed by atoms with Gasteiger partial charge in [-0.1, -0.05) is 6.08 Å². The van der Waals surface area contributed by atoms with Crippen molar-refractivity contribution in [2.75, 3.05) is 4.90 Å². The largest absolute Gasteiger partial charge is 0.480 e. The maximum atomic E-state index is 13.5. The maximum absolute atomic E-state index is 13.5. The Labute approximate surface area is 118 Å². The van der Waals surface area contributed by atoms with Gasteiger partial charge in [-0.05, 0) is 58.4 Å². The van der Waals surface area contributed by atoms with E-state index in [1.807, 2.05) is 31.7 Å². The number of allylic oxidation sites excluding steroid dienone is 1. The van der Waals surface area contributed by atoms with Crippen LogP contribution < -0.4 is 4.90 Å². The SMILES string of the molecule is CC1=CC(C)(C)N(C(C)(C)C(=O)O)c2ccc(F)cc21. The Kier molecular flexibility index (Phi) is 3.16. The van der Waals surface area contributed by atoms with E-state index >= 15 is 0 Å². The third kappa shape index (κ3) is 2.09. The molecular formula is C16H20FNO2. The fraction of sp³-hybridized carbons (Fsp3) is 0.438. The van der Waals surface area contributed by atoms with E-state index in [4.69, 9.17) is 0 Å². The Hall–Kier alpha value is -1.84. The molecular weight excluding hydrogens is 257 g/mol. The molecule has 0 bridgehead atoms. The summed E-state index contributed by atoms with van der Waals surface area (Å²) in [5, 5.41) is 9.54. The lowest BCUT2D eigenvalue weighted by molar-refractivity contribution is -0.142. The van der Waals surface area contributed by atoms with Crippen LogP contribution in [0.4, 0.5) is 10.1 Å². The van der Waals surface area contributed by atoms with E-state index in [1.54, 1.807) is 19.9 Å². The molecule has 2 rings (SSSR count). The second-order valence-electron chi connectivity index (χ2n) is 6.34. The zero-order valence-electron chi connectivity index (χ0n) is 12.5. The van der Waals surface area contributed by atoms with Crippen molar-refractivity contribution < 1.29 is 14.3 Å². The summed E-state index contributed by atoms with van der Waals surface area (Å²) in [5.74, 6) is -1.22. The first kappa shape index (κ1) is 14.6. The zero-order valence-corrected chi connectivity index (χ0v) is 12.5. The summed E-state index contributed by atoms with van der Waals surface area (Å²) in [4.78, 5) is 13.5. The average molecular weight is 277 g/mol. The second kappa shape index (κ2) is 4.33. The molecule has 0 unspecified atom stereocenters. The van der Waals surface area contributed by atoms with Crippen LogP contribution in [-0.2, 0) is 4.79 Å². The van der Waals surface area contributed by atoms with Crippen LogP contribution >= 0.6 is 0 Å². The Morgan fingerprint density at radius 1 is 1.35 bits per heavy atom. The van der Waals surface area contributed by atoms with Crippen molar-refractivity contribution in [1.29, 1.82) is 0 Å². The highest BCUT2D eigenvalue weighted by Crippen LogP contribution is 2.43. The highest BCUT2D eigenvalue weighted by Gasteiger charge is 2.44. The third-order valence-electron chi connectivity index (χ3n) is 3.85. The topological polar surface area (TPSA) is 40.5 Å². The van der Waals surface area contributed by atoms with Crippen molar-refractivity contribution in [2.24, 2.45) is 0 Å². The number of carbonyl (C=O) groups is 1. The lowest BCUT2D eigenvalue weighted by Gasteiger charge is -2.50. The number of halogens is 1. The number of nitrogens with zero attached hydrogens (tertiary/aromatic N) is 1. The van der Waals surface area contributed by atoms with Gasteiger partial charge in [0.2, 0.25) is 0 Å². The maximum Gasteiger partial charge on any atom is 0.328 e. The first-order chi connectivity index (χ1) is 9.07. The van der Waals surface area contributed by atoms with Gasteiger partial charge in [-0.25, -0.2) is 9.18 Å². The summed E-state index contributed by atoms with van der Waals surface area (Å²) < 4.78 is 13.5. The van der Waals surface area contributed by atoms with Gasteiger partial charge in [-0.3, -0.25) is 0 Å². The molecule has 0 radical (unpaired) electrons. The fourth-order valence-electron chi connectivity index (χ4n) is 3.12. The van der Waals surface area contributed by atoms with Crippen molar-refractivity contribution in [3.63, 3.8) is 0 Å². The van der Waals surface area contributed by atoms with Gasteiger partial charge in [0.05, 0.1) is 5.54 Å². The highest BCUT2D eigenvalue weighted by atomic mass is 19.1. The standard InChI is InChI=1S/C16H20FNO2/c1-10-9-15(2,3)18(16(4,5)14(19)20)13-7-6-11(17)8-12(10)13/h6-9H,1-5H3,(H,19,20). The average Bonchev–Trinajstić information content (AvgIpc) is 2.28. The Morgan fingerprint density at radius 2 is 1.95 bits per heavy atom. The van der Waals surface area contributed by atoms with Gasteiger partial charge in [0.25, 0.3) is 0 Å². The minimum atomic E-state index is -1.09.